The van der Waals surface area contributed by atoms with E-state index in [9.17, 15) is 0 Å². The van der Waals surface area contributed by atoms with Gasteiger partial charge in [0.1, 0.15) is 0 Å². The molecule has 1 atom stereocenters. The van der Waals surface area contributed by atoms with Crippen LogP contribution in [0.15, 0.2) is 54.1 Å². The second-order valence-corrected chi connectivity index (χ2v) is 5.91. The highest BCUT2D eigenvalue weighted by molar-refractivity contribution is 6.15. The predicted molar refractivity (Wildman–Crippen MR) is 88.1 cm³/mol. The summed E-state index contributed by atoms with van der Waals surface area (Å²) in [6, 6.07) is 17.7. The summed E-state index contributed by atoms with van der Waals surface area (Å²) in [6.07, 6.45) is 0. The van der Waals surface area contributed by atoms with Gasteiger partial charge in [0.2, 0.25) is 0 Å². The molecule has 0 heterocycles. The zero-order valence-corrected chi connectivity index (χ0v) is 12.2. The molecule has 0 aliphatic heterocycles. The Balaban J connectivity index is 2.33. The smallest absolute Gasteiger partial charge is 0.00354 e. The molecule has 98 valence electrons. The maximum atomic E-state index is 2.34. The van der Waals surface area contributed by atoms with Crippen LogP contribution in [0.25, 0.3) is 27.1 Å². The molecule has 0 fully saturated rings. The van der Waals surface area contributed by atoms with Crippen LogP contribution < -0.4 is 0 Å². The topological polar surface area (TPSA) is 0 Å². The van der Waals surface area contributed by atoms with E-state index < -0.39 is 0 Å². The Hall–Kier alpha value is -2.08. The molecule has 0 nitrogen and oxygen atoms in total. The van der Waals surface area contributed by atoms with Crippen LogP contribution in [0.1, 0.15) is 37.8 Å². The van der Waals surface area contributed by atoms with E-state index in [1.165, 1.54) is 43.8 Å². The average Bonchev–Trinajstić information content (AvgIpc) is 2.73. The lowest BCUT2D eigenvalue weighted by Gasteiger charge is -2.15. The number of fused-ring (bicyclic) bond motifs is 6. The molecule has 20 heavy (non-hydrogen) atoms. The Morgan fingerprint density at radius 3 is 1.85 bits per heavy atom. The predicted octanol–water partition coefficient (Wildman–Crippen LogP) is 5.90. The minimum atomic E-state index is 0.527. The first kappa shape index (κ1) is 11.7. The fourth-order valence-electron chi connectivity index (χ4n) is 3.76. The summed E-state index contributed by atoms with van der Waals surface area (Å²) in [5.41, 5.74) is 5.98. The van der Waals surface area contributed by atoms with Crippen LogP contribution in [0.4, 0.5) is 0 Å². The van der Waals surface area contributed by atoms with Crippen LogP contribution in [0.5, 0.6) is 0 Å². The number of hydrogen-bond acceptors (Lipinski definition) is 0. The summed E-state index contributed by atoms with van der Waals surface area (Å²) in [5.74, 6) is 0.527. The molecule has 1 unspecified atom stereocenters. The molecule has 0 saturated heterocycles. The van der Waals surface area contributed by atoms with Gasteiger partial charge in [0.15, 0.2) is 0 Å². The molecular formula is C20H18. The Labute approximate surface area is 119 Å². The first-order chi connectivity index (χ1) is 9.70. The zero-order chi connectivity index (χ0) is 13.9. The molecule has 0 heteroatoms. The van der Waals surface area contributed by atoms with Crippen molar-refractivity contribution in [2.45, 2.75) is 26.7 Å². The number of rotatable bonds is 0. The molecule has 0 radical (unpaired) electrons. The Morgan fingerprint density at radius 1 is 0.700 bits per heavy atom. The maximum absolute atomic E-state index is 2.34. The molecule has 3 aromatic carbocycles. The third-order valence-corrected chi connectivity index (χ3v) is 5.02. The SMILES string of the molecule is CC1=C(C)C(C)c2c1c1ccccc1c1ccccc21. The second-order valence-electron chi connectivity index (χ2n) is 5.91. The molecule has 0 amide bonds. The van der Waals surface area contributed by atoms with Gasteiger partial charge in [-0.3, -0.25) is 0 Å². The minimum Gasteiger partial charge on any atom is -0.0625 e. The number of benzene rings is 3. The van der Waals surface area contributed by atoms with E-state index in [0.717, 1.165) is 0 Å². The second kappa shape index (κ2) is 3.96. The van der Waals surface area contributed by atoms with Crippen LogP contribution >= 0.6 is 0 Å². The summed E-state index contributed by atoms with van der Waals surface area (Å²) >= 11 is 0. The van der Waals surface area contributed by atoms with Crippen LogP contribution in [0.2, 0.25) is 0 Å². The van der Waals surface area contributed by atoms with Crippen molar-refractivity contribution in [2.24, 2.45) is 0 Å². The van der Waals surface area contributed by atoms with E-state index in [2.05, 4.69) is 69.3 Å². The largest absolute Gasteiger partial charge is 0.0625 e. The molecule has 0 saturated carbocycles. The summed E-state index contributed by atoms with van der Waals surface area (Å²) in [5, 5.41) is 5.59. The molecule has 0 bridgehead atoms. The lowest BCUT2D eigenvalue weighted by molar-refractivity contribution is 0.930. The quantitative estimate of drug-likeness (QED) is 0.440. The zero-order valence-electron chi connectivity index (χ0n) is 12.2. The Morgan fingerprint density at radius 2 is 1.20 bits per heavy atom. The Bertz CT molecular complexity index is 881. The summed E-state index contributed by atoms with van der Waals surface area (Å²) in [7, 11) is 0. The molecule has 0 aromatic heterocycles. The van der Waals surface area contributed by atoms with Crippen molar-refractivity contribution in [3.05, 3.63) is 65.2 Å². The number of allylic oxidation sites excluding steroid dienone is 2. The van der Waals surface area contributed by atoms with Gasteiger partial charge in [0.05, 0.1) is 0 Å². The van der Waals surface area contributed by atoms with Gasteiger partial charge < -0.3 is 0 Å². The van der Waals surface area contributed by atoms with Crippen molar-refractivity contribution in [1.82, 2.24) is 0 Å². The van der Waals surface area contributed by atoms with Crippen LogP contribution in [-0.4, -0.2) is 0 Å². The number of hydrogen-bond donors (Lipinski definition) is 0. The van der Waals surface area contributed by atoms with Crippen LogP contribution in [0.3, 0.4) is 0 Å². The highest BCUT2D eigenvalue weighted by Gasteiger charge is 2.27. The van der Waals surface area contributed by atoms with Gasteiger partial charge in [-0.05, 0) is 52.1 Å². The van der Waals surface area contributed by atoms with Crippen molar-refractivity contribution in [1.29, 1.82) is 0 Å². The van der Waals surface area contributed by atoms with Crippen molar-refractivity contribution in [3.8, 4) is 0 Å². The summed E-state index contributed by atoms with van der Waals surface area (Å²) < 4.78 is 0. The van der Waals surface area contributed by atoms with Crippen LogP contribution in [0, 0.1) is 0 Å². The lowest BCUT2D eigenvalue weighted by Crippen LogP contribution is -1.94. The van der Waals surface area contributed by atoms with Gasteiger partial charge in [0, 0.05) is 5.92 Å². The average molecular weight is 258 g/mol. The fraction of sp³-hybridized carbons (Fsp3) is 0.200. The van der Waals surface area contributed by atoms with Gasteiger partial charge >= 0.3 is 0 Å². The normalized spacial score (nSPS) is 18.1. The molecule has 1 aliphatic rings. The van der Waals surface area contributed by atoms with E-state index in [0.29, 0.717) is 5.92 Å². The van der Waals surface area contributed by atoms with Gasteiger partial charge in [-0.2, -0.15) is 0 Å². The first-order valence-corrected chi connectivity index (χ1v) is 7.31. The Kier molecular flexibility index (Phi) is 2.32. The van der Waals surface area contributed by atoms with E-state index in [4.69, 9.17) is 0 Å². The highest BCUT2D eigenvalue weighted by atomic mass is 14.3. The van der Waals surface area contributed by atoms with Crippen molar-refractivity contribution < 1.29 is 0 Å². The molecule has 3 aromatic rings. The van der Waals surface area contributed by atoms with Crippen LogP contribution in [-0.2, 0) is 0 Å². The van der Waals surface area contributed by atoms with E-state index >= 15 is 0 Å². The lowest BCUT2D eigenvalue weighted by atomic mass is 9.88. The summed E-state index contributed by atoms with van der Waals surface area (Å²) in [6.45, 7) is 6.90. The van der Waals surface area contributed by atoms with Gasteiger partial charge in [0.25, 0.3) is 0 Å². The van der Waals surface area contributed by atoms with E-state index in [-0.39, 0.29) is 0 Å². The van der Waals surface area contributed by atoms with E-state index in [1.807, 2.05) is 0 Å². The highest BCUT2D eigenvalue weighted by Crippen LogP contribution is 2.48. The van der Waals surface area contributed by atoms with Gasteiger partial charge in [-0.1, -0.05) is 61.0 Å². The van der Waals surface area contributed by atoms with Crippen molar-refractivity contribution in [2.75, 3.05) is 0 Å². The van der Waals surface area contributed by atoms with Gasteiger partial charge in [-0.25, -0.2) is 0 Å². The third-order valence-electron chi connectivity index (χ3n) is 5.02. The summed E-state index contributed by atoms with van der Waals surface area (Å²) in [4.78, 5) is 0. The first-order valence-electron chi connectivity index (χ1n) is 7.31. The fourth-order valence-corrected chi connectivity index (χ4v) is 3.76. The minimum absolute atomic E-state index is 0.527. The van der Waals surface area contributed by atoms with Crippen molar-refractivity contribution in [3.63, 3.8) is 0 Å². The van der Waals surface area contributed by atoms with Crippen molar-refractivity contribution >= 4 is 27.1 Å². The van der Waals surface area contributed by atoms with E-state index in [1.54, 1.807) is 0 Å². The standard InChI is InChI=1S/C20H18/c1-12-13(2)19-17-10-6-4-8-15(17)16-9-5-7-11-18(16)20(19)14(12)3/h4-11,13H,1-3H3. The maximum Gasteiger partial charge on any atom is 0.00354 e. The molecule has 0 N–H and O–H groups in total. The molecule has 4 rings (SSSR count). The third kappa shape index (κ3) is 1.31. The molecular weight excluding hydrogens is 240 g/mol. The van der Waals surface area contributed by atoms with Gasteiger partial charge in [-0.15, -0.1) is 0 Å². The monoisotopic (exact) mass is 258 g/mol. The molecule has 1 aliphatic carbocycles. The molecule has 0 spiro atoms.